The molecule has 0 aliphatic carbocycles. The van der Waals surface area contributed by atoms with Crippen LogP contribution in [-0.2, 0) is 28.6 Å². The smallest absolute Gasteiger partial charge is 0.306 e. The fourth-order valence-corrected chi connectivity index (χ4v) is 7.28. The van der Waals surface area contributed by atoms with E-state index in [2.05, 4.69) is 34.6 Å². The van der Waals surface area contributed by atoms with Crippen LogP contribution in [0.3, 0.4) is 0 Å². The van der Waals surface area contributed by atoms with Crippen molar-refractivity contribution in [2.45, 2.75) is 272 Å². The molecule has 0 amide bonds. The van der Waals surface area contributed by atoms with Gasteiger partial charge < -0.3 is 14.2 Å². The van der Waals surface area contributed by atoms with Gasteiger partial charge in [-0.15, -0.1) is 0 Å². The maximum Gasteiger partial charge on any atom is 0.306 e. The van der Waals surface area contributed by atoms with E-state index in [1.54, 1.807) is 0 Å². The van der Waals surface area contributed by atoms with Crippen LogP contribution < -0.4 is 0 Å². The third-order valence-corrected chi connectivity index (χ3v) is 11.0. The Balaban J connectivity index is 4.24. The standard InChI is InChI=1S/C49H94O6/c1-6-7-8-9-10-11-12-13-14-15-16-17-18-19-23-29-34-39-47(50)53-42-46(55-49(52)41-36-31-26-25-28-33-38-45(4)5)43-54-48(51)40-35-30-24-21-20-22-27-32-37-44(2)3/h44-46H,6-43H2,1-5H3/t46-/m0/s1. The Labute approximate surface area is 342 Å². The van der Waals surface area contributed by atoms with Gasteiger partial charge in [0.2, 0.25) is 0 Å². The monoisotopic (exact) mass is 779 g/mol. The van der Waals surface area contributed by atoms with Crippen LogP contribution in [0.25, 0.3) is 0 Å². The quantitative estimate of drug-likeness (QED) is 0.0348. The van der Waals surface area contributed by atoms with Gasteiger partial charge in [0.25, 0.3) is 0 Å². The van der Waals surface area contributed by atoms with Gasteiger partial charge in [0.1, 0.15) is 13.2 Å². The lowest BCUT2D eigenvalue weighted by Gasteiger charge is -2.18. The van der Waals surface area contributed by atoms with E-state index in [0.29, 0.717) is 19.3 Å². The average molecular weight is 779 g/mol. The van der Waals surface area contributed by atoms with E-state index in [1.165, 1.54) is 154 Å². The number of esters is 3. The molecule has 1 atom stereocenters. The van der Waals surface area contributed by atoms with Crippen LogP contribution in [0.15, 0.2) is 0 Å². The minimum atomic E-state index is -0.761. The number of carbonyl (C=O) groups excluding carboxylic acids is 3. The number of carbonyl (C=O) groups is 3. The molecule has 6 heteroatoms. The summed E-state index contributed by atoms with van der Waals surface area (Å²) in [5.74, 6) is 0.695. The summed E-state index contributed by atoms with van der Waals surface area (Å²) in [6.45, 7) is 11.3. The lowest BCUT2D eigenvalue weighted by atomic mass is 10.0. The van der Waals surface area contributed by atoms with Gasteiger partial charge in [0.05, 0.1) is 0 Å². The molecule has 0 spiro atoms. The minimum Gasteiger partial charge on any atom is -0.462 e. The Morgan fingerprint density at radius 3 is 0.891 bits per heavy atom. The predicted molar refractivity (Wildman–Crippen MR) is 233 cm³/mol. The number of ether oxygens (including phenoxy) is 3. The topological polar surface area (TPSA) is 78.9 Å². The SMILES string of the molecule is CCCCCCCCCCCCCCCCCCCC(=O)OC[C@@H](COC(=O)CCCCCCCCCCC(C)C)OC(=O)CCCCCCCCC(C)C. The van der Waals surface area contributed by atoms with E-state index in [1.807, 2.05) is 0 Å². The lowest BCUT2D eigenvalue weighted by molar-refractivity contribution is -0.167. The second-order valence-electron chi connectivity index (χ2n) is 17.7. The number of hydrogen-bond acceptors (Lipinski definition) is 6. The van der Waals surface area contributed by atoms with Crippen LogP contribution in [0.4, 0.5) is 0 Å². The second-order valence-corrected chi connectivity index (χ2v) is 17.7. The molecule has 0 aliphatic heterocycles. The van der Waals surface area contributed by atoms with Gasteiger partial charge in [-0.05, 0) is 31.1 Å². The molecule has 0 aromatic heterocycles. The molecule has 0 rings (SSSR count). The Morgan fingerprint density at radius 2 is 0.600 bits per heavy atom. The zero-order valence-electron chi connectivity index (χ0n) is 37.6. The number of hydrogen-bond donors (Lipinski definition) is 0. The summed E-state index contributed by atoms with van der Waals surface area (Å²) < 4.78 is 16.7. The Bertz CT molecular complexity index is 839. The number of unbranched alkanes of at least 4 members (excludes halogenated alkanes) is 28. The first-order valence-electron chi connectivity index (χ1n) is 24.2. The molecule has 0 unspecified atom stereocenters. The summed E-state index contributed by atoms with van der Waals surface area (Å²) in [5.41, 5.74) is 0. The molecule has 0 aromatic rings. The normalized spacial score (nSPS) is 12.1. The molecule has 326 valence electrons. The summed E-state index contributed by atoms with van der Waals surface area (Å²) in [6, 6.07) is 0. The van der Waals surface area contributed by atoms with Gasteiger partial charge in [-0.25, -0.2) is 0 Å². The van der Waals surface area contributed by atoms with Gasteiger partial charge in [-0.2, -0.15) is 0 Å². The highest BCUT2D eigenvalue weighted by atomic mass is 16.6. The molecule has 0 N–H and O–H groups in total. The largest absolute Gasteiger partial charge is 0.462 e. The number of rotatable bonds is 43. The van der Waals surface area contributed by atoms with Gasteiger partial charge in [-0.1, -0.05) is 227 Å². The van der Waals surface area contributed by atoms with Gasteiger partial charge in [-0.3, -0.25) is 14.4 Å². The molecule has 0 heterocycles. The molecule has 0 saturated heterocycles. The maximum atomic E-state index is 12.7. The maximum absolute atomic E-state index is 12.7. The summed E-state index contributed by atoms with van der Waals surface area (Å²) >= 11 is 0. The predicted octanol–water partition coefficient (Wildman–Crippen LogP) is 15.4. The van der Waals surface area contributed by atoms with Crippen molar-refractivity contribution in [1.29, 1.82) is 0 Å². The van der Waals surface area contributed by atoms with E-state index >= 15 is 0 Å². The molecule has 0 aromatic carbocycles. The van der Waals surface area contributed by atoms with Crippen LogP contribution in [0, 0.1) is 11.8 Å². The second kappa shape index (κ2) is 42.0. The van der Waals surface area contributed by atoms with Crippen molar-refractivity contribution < 1.29 is 28.6 Å². The molecule has 55 heavy (non-hydrogen) atoms. The first-order valence-corrected chi connectivity index (χ1v) is 24.2. The molecule has 0 aliphatic rings. The molecular weight excluding hydrogens is 685 g/mol. The van der Waals surface area contributed by atoms with Crippen molar-refractivity contribution in [2.24, 2.45) is 11.8 Å². The van der Waals surface area contributed by atoms with Gasteiger partial charge in [0, 0.05) is 19.3 Å². The average Bonchev–Trinajstić information content (AvgIpc) is 3.15. The van der Waals surface area contributed by atoms with Gasteiger partial charge >= 0.3 is 17.9 Å². The van der Waals surface area contributed by atoms with Crippen molar-refractivity contribution in [3.8, 4) is 0 Å². The minimum absolute atomic E-state index is 0.0656. The van der Waals surface area contributed by atoms with Crippen LogP contribution in [0.5, 0.6) is 0 Å². The van der Waals surface area contributed by atoms with Crippen molar-refractivity contribution in [3.05, 3.63) is 0 Å². The van der Waals surface area contributed by atoms with Crippen molar-refractivity contribution in [2.75, 3.05) is 13.2 Å². The molecule has 6 nitrogen and oxygen atoms in total. The van der Waals surface area contributed by atoms with E-state index in [4.69, 9.17) is 14.2 Å². The van der Waals surface area contributed by atoms with Gasteiger partial charge in [0.15, 0.2) is 6.10 Å². The highest BCUT2D eigenvalue weighted by Crippen LogP contribution is 2.17. The van der Waals surface area contributed by atoms with Crippen LogP contribution in [0.1, 0.15) is 266 Å². The van der Waals surface area contributed by atoms with Crippen LogP contribution >= 0.6 is 0 Å². The fourth-order valence-electron chi connectivity index (χ4n) is 7.28. The Morgan fingerprint density at radius 1 is 0.345 bits per heavy atom. The molecule has 0 radical (unpaired) electrons. The first kappa shape index (κ1) is 53.4. The van der Waals surface area contributed by atoms with Crippen molar-refractivity contribution in [3.63, 3.8) is 0 Å². The van der Waals surface area contributed by atoms with E-state index in [0.717, 1.165) is 69.6 Å². The van der Waals surface area contributed by atoms with E-state index < -0.39 is 6.10 Å². The molecule has 0 saturated carbocycles. The lowest BCUT2D eigenvalue weighted by Crippen LogP contribution is -2.30. The van der Waals surface area contributed by atoms with E-state index in [9.17, 15) is 14.4 Å². The highest BCUT2D eigenvalue weighted by Gasteiger charge is 2.19. The van der Waals surface area contributed by atoms with Crippen molar-refractivity contribution >= 4 is 17.9 Å². The fraction of sp³-hybridized carbons (Fsp3) is 0.939. The first-order chi connectivity index (χ1) is 26.7. The summed E-state index contributed by atoms with van der Waals surface area (Å²) in [4.78, 5) is 37.7. The summed E-state index contributed by atoms with van der Waals surface area (Å²) in [7, 11) is 0. The highest BCUT2D eigenvalue weighted by molar-refractivity contribution is 5.71. The molecule has 0 bridgehead atoms. The Hall–Kier alpha value is -1.59. The van der Waals surface area contributed by atoms with E-state index in [-0.39, 0.29) is 31.1 Å². The third-order valence-electron chi connectivity index (χ3n) is 11.0. The summed E-state index contributed by atoms with van der Waals surface area (Å²) in [6.07, 6.45) is 41.1. The Kier molecular flexibility index (Phi) is 40.8. The molecule has 0 fully saturated rings. The zero-order chi connectivity index (χ0) is 40.5. The third kappa shape index (κ3) is 43.4. The van der Waals surface area contributed by atoms with Crippen molar-refractivity contribution in [1.82, 2.24) is 0 Å². The molecular formula is C49H94O6. The van der Waals surface area contributed by atoms with Crippen LogP contribution in [-0.4, -0.2) is 37.2 Å². The summed E-state index contributed by atoms with van der Waals surface area (Å²) in [5, 5.41) is 0. The van der Waals surface area contributed by atoms with Crippen LogP contribution in [0.2, 0.25) is 0 Å². The zero-order valence-corrected chi connectivity index (χ0v) is 37.6.